The van der Waals surface area contributed by atoms with Crippen molar-refractivity contribution in [2.45, 2.75) is 6.92 Å². The summed E-state index contributed by atoms with van der Waals surface area (Å²) in [6, 6.07) is 16.5. The van der Waals surface area contributed by atoms with Gasteiger partial charge in [0.15, 0.2) is 0 Å². The molecule has 2 aromatic carbocycles. The first-order valence-corrected chi connectivity index (χ1v) is 5.40. The molecule has 0 aliphatic heterocycles. The summed E-state index contributed by atoms with van der Waals surface area (Å²) in [7, 11) is 1.92. The molecule has 0 aliphatic rings. The maximum absolute atomic E-state index is 3.40. The second-order valence-electron chi connectivity index (χ2n) is 3.77. The van der Waals surface area contributed by atoms with E-state index in [4.69, 9.17) is 0 Å². The van der Waals surface area contributed by atoms with Crippen molar-refractivity contribution in [3.05, 3.63) is 54.1 Å². The number of aryl methyl sites for hydroxylation is 1. The van der Waals surface area contributed by atoms with E-state index in [-0.39, 0.29) is 0 Å². The van der Waals surface area contributed by atoms with Crippen molar-refractivity contribution in [2.24, 2.45) is 0 Å². The van der Waals surface area contributed by atoms with E-state index < -0.39 is 0 Å². The van der Waals surface area contributed by atoms with E-state index >= 15 is 0 Å². The highest BCUT2D eigenvalue weighted by Crippen LogP contribution is 2.21. The van der Waals surface area contributed by atoms with Crippen LogP contribution in [0.15, 0.2) is 48.5 Å². The average Bonchev–Trinajstić information content (AvgIpc) is 2.33. The van der Waals surface area contributed by atoms with E-state index in [2.05, 4.69) is 54.0 Å². The molecule has 0 radical (unpaired) electrons. The van der Waals surface area contributed by atoms with E-state index in [1.807, 2.05) is 19.2 Å². The van der Waals surface area contributed by atoms with Gasteiger partial charge in [-0.3, -0.25) is 0 Å². The lowest BCUT2D eigenvalue weighted by Gasteiger charge is -2.09. The van der Waals surface area contributed by atoms with Gasteiger partial charge in [-0.15, -0.1) is 0 Å². The summed E-state index contributed by atoms with van der Waals surface area (Å²) in [6.45, 7) is 2.10. The van der Waals surface area contributed by atoms with Gasteiger partial charge in [0.25, 0.3) is 0 Å². The van der Waals surface area contributed by atoms with E-state index in [0.717, 1.165) is 17.1 Å². The van der Waals surface area contributed by atoms with Gasteiger partial charge in [0.05, 0.1) is 0 Å². The van der Waals surface area contributed by atoms with Crippen LogP contribution in [-0.4, -0.2) is 7.05 Å². The SMILES string of the molecule is CNc1ccc(Nc2ccccc2C)cc1. The number of para-hydroxylation sites is 1. The molecule has 0 spiro atoms. The van der Waals surface area contributed by atoms with Crippen LogP contribution in [0, 0.1) is 6.92 Å². The Balaban J connectivity index is 2.18. The third kappa shape index (κ3) is 2.34. The second-order valence-corrected chi connectivity index (χ2v) is 3.77. The van der Waals surface area contributed by atoms with Crippen molar-refractivity contribution in [1.82, 2.24) is 0 Å². The minimum absolute atomic E-state index is 1.10. The lowest BCUT2D eigenvalue weighted by molar-refractivity contribution is 1.43. The fraction of sp³-hybridized carbons (Fsp3) is 0.143. The zero-order chi connectivity index (χ0) is 11.4. The maximum Gasteiger partial charge on any atom is 0.0413 e. The first kappa shape index (κ1) is 10.6. The molecule has 0 aromatic heterocycles. The Morgan fingerprint density at radius 3 is 2.06 bits per heavy atom. The first-order chi connectivity index (χ1) is 7.79. The minimum Gasteiger partial charge on any atom is -0.388 e. The lowest BCUT2D eigenvalue weighted by Crippen LogP contribution is -1.93. The van der Waals surface area contributed by atoms with Crippen LogP contribution in [0.1, 0.15) is 5.56 Å². The number of anilines is 3. The third-order valence-corrected chi connectivity index (χ3v) is 2.60. The zero-order valence-corrected chi connectivity index (χ0v) is 9.62. The molecule has 0 saturated heterocycles. The Morgan fingerprint density at radius 2 is 1.44 bits per heavy atom. The number of nitrogens with one attached hydrogen (secondary N) is 2. The number of rotatable bonds is 3. The molecule has 0 unspecified atom stereocenters. The number of hydrogen-bond acceptors (Lipinski definition) is 2. The molecule has 16 heavy (non-hydrogen) atoms. The van der Waals surface area contributed by atoms with Gasteiger partial charge in [-0.25, -0.2) is 0 Å². The van der Waals surface area contributed by atoms with Crippen LogP contribution in [-0.2, 0) is 0 Å². The van der Waals surface area contributed by atoms with Crippen LogP contribution < -0.4 is 10.6 Å². The fourth-order valence-corrected chi connectivity index (χ4v) is 1.59. The van der Waals surface area contributed by atoms with Crippen LogP contribution >= 0.6 is 0 Å². The van der Waals surface area contributed by atoms with Gasteiger partial charge in [0.2, 0.25) is 0 Å². The van der Waals surface area contributed by atoms with Gasteiger partial charge < -0.3 is 10.6 Å². The summed E-state index contributed by atoms with van der Waals surface area (Å²) in [5.41, 5.74) is 4.63. The number of hydrogen-bond donors (Lipinski definition) is 2. The third-order valence-electron chi connectivity index (χ3n) is 2.60. The van der Waals surface area contributed by atoms with Crippen molar-refractivity contribution in [3.63, 3.8) is 0 Å². The van der Waals surface area contributed by atoms with Crippen LogP contribution in [0.25, 0.3) is 0 Å². The quantitative estimate of drug-likeness (QED) is 0.809. The smallest absolute Gasteiger partial charge is 0.0413 e. The molecule has 2 nitrogen and oxygen atoms in total. The van der Waals surface area contributed by atoms with Gasteiger partial charge in [-0.1, -0.05) is 18.2 Å². The van der Waals surface area contributed by atoms with Crippen molar-refractivity contribution in [2.75, 3.05) is 17.7 Å². The summed E-state index contributed by atoms with van der Waals surface area (Å²) in [5.74, 6) is 0. The predicted octanol–water partition coefficient (Wildman–Crippen LogP) is 3.78. The Kier molecular flexibility index (Phi) is 3.10. The molecule has 2 N–H and O–H groups in total. The molecular formula is C14H16N2. The van der Waals surface area contributed by atoms with E-state index in [1.54, 1.807) is 0 Å². The molecule has 0 aliphatic carbocycles. The fourth-order valence-electron chi connectivity index (χ4n) is 1.59. The van der Waals surface area contributed by atoms with E-state index in [0.29, 0.717) is 0 Å². The molecule has 0 fully saturated rings. The molecule has 2 aromatic rings. The standard InChI is InChI=1S/C14H16N2/c1-11-5-3-4-6-14(11)16-13-9-7-12(15-2)8-10-13/h3-10,15-16H,1-2H3. The van der Waals surface area contributed by atoms with Gasteiger partial charge in [-0.2, -0.15) is 0 Å². The molecule has 0 saturated carbocycles. The molecule has 2 rings (SSSR count). The summed E-state index contributed by atoms with van der Waals surface area (Å²) in [6.07, 6.45) is 0. The van der Waals surface area contributed by atoms with Gasteiger partial charge in [-0.05, 0) is 42.8 Å². The summed E-state index contributed by atoms with van der Waals surface area (Å²) in [5, 5.41) is 6.50. The molecule has 0 heterocycles. The van der Waals surface area contributed by atoms with Crippen LogP contribution in [0.2, 0.25) is 0 Å². The van der Waals surface area contributed by atoms with Gasteiger partial charge in [0.1, 0.15) is 0 Å². The Labute approximate surface area is 96.3 Å². The van der Waals surface area contributed by atoms with Crippen molar-refractivity contribution in [3.8, 4) is 0 Å². The van der Waals surface area contributed by atoms with Gasteiger partial charge in [0, 0.05) is 24.1 Å². The number of benzene rings is 2. The predicted molar refractivity (Wildman–Crippen MR) is 70.5 cm³/mol. The van der Waals surface area contributed by atoms with Crippen LogP contribution in [0.5, 0.6) is 0 Å². The molecule has 0 amide bonds. The Morgan fingerprint density at radius 1 is 0.812 bits per heavy atom. The zero-order valence-electron chi connectivity index (χ0n) is 9.62. The normalized spacial score (nSPS) is 9.88. The highest BCUT2D eigenvalue weighted by Gasteiger charge is 1.97. The molecule has 2 heteroatoms. The Hall–Kier alpha value is -1.96. The molecule has 0 bridgehead atoms. The Bertz CT molecular complexity index is 460. The highest BCUT2D eigenvalue weighted by molar-refractivity contribution is 5.64. The molecule has 82 valence electrons. The summed E-state index contributed by atoms with van der Waals surface area (Å²) in [4.78, 5) is 0. The van der Waals surface area contributed by atoms with E-state index in [9.17, 15) is 0 Å². The van der Waals surface area contributed by atoms with Crippen molar-refractivity contribution in [1.29, 1.82) is 0 Å². The van der Waals surface area contributed by atoms with Crippen LogP contribution in [0.3, 0.4) is 0 Å². The first-order valence-electron chi connectivity index (χ1n) is 5.40. The highest BCUT2D eigenvalue weighted by atomic mass is 14.9. The molecule has 0 atom stereocenters. The van der Waals surface area contributed by atoms with E-state index in [1.165, 1.54) is 5.56 Å². The largest absolute Gasteiger partial charge is 0.388 e. The van der Waals surface area contributed by atoms with Crippen molar-refractivity contribution < 1.29 is 0 Å². The summed E-state index contributed by atoms with van der Waals surface area (Å²) < 4.78 is 0. The monoisotopic (exact) mass is 212 g/mol. The lowest BCUT2D eigenvalue weighted by atomic mass is 10.2. The minimum atomic E-state index is 1.10. The average molecular weight is 212 g/mol. The molecular weight excluding hydrogens is 196 g/mol. The topological polar surface area (TPSA) is 24.1 Å². The summed E-state index contributed by atoms with van der Waals surface area (Å²) >= 11 is 0. The van der Waals surface area contributed by atoms with Crippen molar-refractivity contribution >= 4 is 17.1 Å². The van der Waals surface area contributed by atoms with Crippen LogP contribution in [0.4, 0.5) is 17.1 Å². The second kappa shape index (κ2) is 4.71. The maximum atomic E-state index is 3.40. The van der Waals surface area contributed by atoms with Gasteiger partial charge >= 0.3 is 0 Å².